The first-order valence-corrected chi connectivity index (χ1v) is 5.44. The fourth-order valence-electron chi connectivity index (χ4n) is 1.15. The lowest BCUT2D eigenvalue weighted by molar-refractivity contribution is 0.0327. The van der Waals surface area contributed by atoms with Crippen LogP contribution in [0.2, 0.25) is 0 Å². The molecule has 0 aromatic heterocycles. The van der Waals surface area contributed by atoms with Crippen LogP contribution in [0.1, 0.15) is 12.5 Å². The molecule has 94 valence electrons. The van der Waals surface area contributed by atoms with E-state index in [2.05, 4.69) is 5.48 Å². The zero-order chi connectivity index (χ0) is 12.7. The molecule has 17 heavy (non-hydrogen) atoms. The SMILES string of the molecule is CC(CO)N(C)C(=O)NOCc1ccccc1. The fraction of sp³-hybridized carbons (Fsp3) is 0.417. The van der Waals surface area contributed by atoms with E-state index in [4.69, 9.17) is 9.94 Å². The van der Waals surface area contributed by atoms with Crippen molar-refractivity contribution in [3.8, 4) is 0 Å². The van der Waals surface area contributed by atoms with Crippen LogP contribution in [-0.4, -0.2) is 35.7 Å². The first kappa shape index (κ1) is 13.5. The van der Waals surface area contributed by atoms with Crippen molar-refractivity contribution in [2.75, 3.05) is 13.7 Å². The summed E-state index contributed by atoms with van der Waals surface area (Å²) in [5, 5.41) is 8.90. The van der Waals surface area contributed by atoms with E-state index in [9.17, 15) is 4.79 Å². The van der Waals surface area contributed by atoms with E-state index in [0.29, 0.717) is 6.61 Å². The summed E-state index contributed by atoms with van der Waals surface area (Å²) in [6.45, 7) is 1.98. The van der Waals surface area contributed by atoms with Gasteiger partial charge in [0.05, 0.1) is 19.3 Å². The predicted octanol–water partition coefficient (Wildman–Crippen LogP) is 1.14. The van der Waals surface area contributed by atoms with Crippen molar-refractivity contribution < 1.29 is 14.7 Å². The molecule has 0 aliphatic carbocycles. The first-order chi connectivity index (χ1) is 8.15. The van der Waals surface area contributed by atoms with Gasteiger partial charge in [0.1, 0.15) is 0 Å². The molecule has 1 atom stereocenters. The third kappa shape index (κ3) is 4.42. The molecule has 0 spiro atoms. The van der Waals surface area contributed by atoms with Gasteiger partial charge >= 0.3 is 6.03 Å². The summed E-state index contributed by atoms with van der Waals surface area (Å²) in [4.78, 5) is 18.0. The molecule has 0 aliphatic heterocycles. The molecule has 1 unspecified atom stereocenters. The van der Waals surface area contributed by atoms with Crippen molar-refractivity contribution >= 4 is 6.03 Å². The van der Waals surface area contributed by atoms with Crippen LogP contribution in [0.15, 0.2) is 30.3 Å². The second-order valence-corrected chi connectivity index (χ2v) is 3.82. The number of aliphatic hydroxyl groups is 1. The van der Waals surface area contributed by atoms with Crippen LogP contribution < -0.4 is 5.48 Å². The average molecular weight is 238 g/mol. The highest BCUT2D eigenvalue weighted by Gasteiger charge is 2.14. The Morgan fingerprint density at radius 2 is 2.12 bits per heavy atom. The molecular weight excluding hydrogens is 220 g/mol. The molecule has 5 heteroatoms. The maximum absolute atomic E-state index is 11.5. The number of likely N-dealkylation sites (N-methyl/N-ethyl adjacent to an activating group) is 1. The van der Waals surface area contributed by atoms with Crippen molar-refractivity contribution in [2.24, 2.45) is 0 Å². The topological polar surface area (TPSA) is 61.8 Å². The number of nitrogens with zero attached hydrogens (tertiary/aromatic N) is 1. The van der Waals surface area contributed by atoms with Crippen LogP contribution in [-0.2, 0) is 11.4 Å². The molecule has 0 heterocycles. The minimum atomic E-state index is -0.373. The van der Waals surface area contributed by atoms with Crippen LogP contribution in [0.3, 0.4) is 0 Å². The molecule has 2 amide bonds. The summed E-state index contributed by atoms with van der Waals surface area (Å²) in [7, 11) is 1.60. The molecular formula is C12H18N2O3. The van der Waals surface area contributed by atoms with Gasteiger partial charge in [0, 0.05) is 7.05 Å². The molecule has 1 aromatic rings. The normalized spacial score (nSPS) is 11.9. The highest BCUT2D eigenvalue weighted by molar-refractivity contribution is 5.72. The van der Waals surface area contributed by atoms with Gasteiger partial charge < -0.3 is 10.0 Å². The summed E-state index contributed by atoms with van der Waals surface area (Å²) in [6.07, 6.45) is 0. The van der Waals surface area contributed by atoms with E-state index in [1.807, 2.05) is 30.3 Å². The number of carbonyl (C=O) groups excluding carboxylic acids is 1. The molecule has 0 saturated heterocycles. The van der Waals surface area contributed by atoms with Gasteiger partial charge in [-0.3, -0.25) is 4.84 Å². The number of urea groups is 1. The standard InChI is InChI=1S/C12H18N2O3/c1-10(8-15)14(2)12(16)13-17-9-11-6-4-3-5-7-11/h3-7,10,15H,8-9H2,1-2H3,(H,13,16). The van der Waals surface area contributed by atoms with E-state index >= 15 is 0 Å². The van der Waals surface area contributed by atoms with E-state index in [1.165, 1.54) is 4.90 Å². The van der Waals surface area contributed by atoms with Crippen LogP contribution in [0.5, 0.6) is 0 Å². The van der Waals surface area contributed by atoms with Gasteiger partial charge in [0.15, 0.2) is 0 Å². The Kier molecular flexibility index (Phi) is 5.45. The lowest BCUT2D eigenvalue weighted by atomic mass is 10.2. The largest absolute Gasteiger partial charge is 0.394 e. The molecule has 0 aliphatic rings. The fourth-order valence-corrected chi connectivity index (χ4v) is 1.15. The quantitative estimate of drug-likeness (QED) is 0.756. The number of hydrogen-bond donors (Lipinski definition) is 2. The van der Waals surface area contributed by atoms with Crippen LogP contribution in [0.25, 0.3) is 0 Å². The Labute approximate surface area is 101 Å². The first-order valence-electron chi connectivity index (χ1n) is 5.44. The van der Waals surface area contributed by atoms with Crippen LogP contribution in [0, 0.1) is 0 Å². The number of rotatable bonds is 5. The van der Waals surface area contributed by atoms with E-state index in [-0.39, 0.29) is 18.7 Å². The molecule has 0 fully saturated rings. The molecule has 0 bridgehead atoms. The van der Waals surface area contributed by atoms with Crippen molar-refractivity contribution in [1.82, 2.24) is 10.4 Å². The average Bonchev–Trinajstić information content (AvgIpc) is 2.38. The van der Waals surface area contributed by atoms with Gasteiger partial charge in [0.25, 0.3) is 0 Å². The minimum absolute atomic E-state index is 0.0807. The Hall–Kier alpha value is -1.59. The maximum atomic E-state index is 11.5. The summed E-state index contributed by atoms with van der Waals surface area (Å²) < 4.78 is 0. The van der Waals surface area contributed by atoms with E-state index in [0.717, 1.165) is 5.56 Å². The Bertz CT molecular complexity index is 343. The van der Waals surface area contributed by atoms with Crippen molar-refractivity contribution in [1.29, 1.82) is 0 Å². The summed E-state index contributed by atoms with van der Waals surface area (Å²) >= 11 is 0. The second-order valence-electron chi connectivity index (χ2n) is 3.82. The van der Waals surface area contributed by atoms with Crippen molar-refractivity contribution in [3.05, 3.63) is 35.9 Å². The highest BCUT2D eigenvalue weighted by atomic mass is 16.7. The number of benzene rings is 1. The Morgan fingerprint density at radius 1 is 1.47 bits per heavy atom. The highest BCUT2D eigenvalue weighted by Crippen LogP contribution is 2.00. The van der Waals surface area contributed by atoms with Crippen molar-refractivity contribution in [3.63, 3.8) is 0 Å². The number of hydrogen-bond acceptors (Lipinski definition) is 3. The third-order valence-corrected chi connectivity index (χ3v) is 2.49. The smallest absolute Gasteiger partial charge is 0.341 e. The van der Waals surface area contributed by atoms with Gasteiger partial charge in [0.2, 0.25) is 0 Å². The molecule has 0 saturated carbocycles. The molecule has 0 radical (unpaired) electrons. The van der Waals surface area contributed by atoms with Gasteiger partial charge in [-0.25, -0.2) is 10.3 Å². The summed E-state index contributed by atoms with van der Waals surface area (Å²) in [5.74, 6) is 0. The monoisotopic (exact) mass is 238 g/mol. The van der Waals surface area contributed by atoms with Gasteiger partial charge in [-0.05, 0) is 12.5 Å². The summed E-state index contributed by atoms with van der Waals surface area (Å²) in [5.41, 5.74) is 3.30. The summed E-state index contributed by atoms with van der Waals surface area (Å²) in [6, 6.07) is 8.93. The van der Waals surface area contributed by atoms with Crippen LogP contribution >= 0.6 is 0 Å². The molecule has 1 rings (SSSR count). The Morgan fingerprint density at radius 3 is 2.71 bits per heavy atom. The maximum Gasteiger partial charge on any atom is 0.341 e. The van der Waals surface area contributed by atoms with Crippen LogP contribution in [0.4, 0.5) is 4.79 Å². The number of hydroxylamine groups is 1. The zero-order valence-corrected chi connectivity index (χ0v) is 10.1. The lowest BCUT2D eigenvalue weighted by Gasteiger charge is -2.22. The molecule has 1 aromatic carbocycles. The second kappa shape index (κ2) is 6.88. The lowest BCUT2D eigenvalue weighted by Crippen LogP contribution is -2.43. The van der Waals surface area contributed by atoms with E-state index in [1.54, 1.807) is 14.0 Å². The van der Waals surface area contributed by atoms with Gasteiger partial charge in [-0.2, -0.15) is 0 Å². The number of aliphatic hydroxyl groups excluding tert-OH is 1. The number of amides is 2. The van der Waals surface area contributed by atoms with Crippen molar-refractivity contribution in [2.45, 2.75) is 19.6 Å². The van der Waals surface area contributed by atoms with E-state index < -0.39 is 0 Å². The number of nitrogens with one attached hydrogen (secondary N) is 1. The zero-order valence-electron chi connectivity index (χ0n) is 10.1. The third-order valence-electron chi connectivity index (χ3n) is 2.49. The van der Waals surface area contributed by atoms with Gasteiger partial charge in [-0.1, -0.05) is 30.3 Å². The Balaban J connectivity index is 2.29. The predicted molar refractivity (Wildman–Crippen MR) is 64.1 cm³/mol. The minimum Gasteiger partial charge on any atom is -0.394 e. The molecule has 2 N–H and O–H groups in total. The van der Waals surface area contributed by atoms with Gasteiger partial charge in [-0.15, -0.1) is 0 Å². The number of carbonyl (C=O) groups is 1. The molecule has 5 nitrogen and oxygen atoms in total.